The van der Waals surface area contributed by atoms with Gasteiger partial charge < -0.3 is 0 Å². The van der Waals surface area contributed by atoms with Crippen molar-refractivity contribution in [3.8, 4) is 0 Å². The van der Waals surface area contributed by atoms with Crippen molar-refractivity contribution in [2.75, 3.05) is 0 Å². The smallest absolute Gasteiger partial charge is 0.165 e. The molecule has 3 rings (SSSR count). The summed E-state index contributed by atoms with van der Waals surface area (Å²) in [5, 5.41) is 2.09. The van der Waals surface area contributed by atoms with Crippen LogP contribution in [0.5, 0.6) is 0 Å². The van der Waals surface area contributed by atoms with Crippen LogP contribution in [0.2, 0.25) is 0 Å². The molecule has 2 heteroatoms. The van der Waals surface area contributed by atoms with Crippen molar-refractivity contribution in [2.24, 2.45) is 5.92 Å². The molecule has 2 aromatic rings. The van der Waals surface area contributed by atoms with Crippen LogP contribution in [0.25, 0.3) is 10.8 Å². The Hall–Kier alpha value is -1.70. The number of carbonyl (C=O) groups excluding carboxylic acids is 1. The van der Waals surface area contributed by atoms with E-state index < -0.39 is 0 Å². The van der Waals surface area contributed by atoms with Gasteiger partial charge in [-0.25, -0.2) is 0 Å². The minimum atomic E-state index is 0.250. The Morgan fingerprint density at radius 1 is 1.10 bits per heavy atom. The van der Waals surface area contributed by atoms with Crippen LogP contribution in [0.1, 0.15) is 55.3 Å². The summed E-state index contributed by atoms with van der Waals surface area (Å²) in [6, 6.07) is 8.01. The lowest BCUT2D eigenvalue weighted by molar-refractivity contribution is 0.0971. The van der Waals surface area contributed by atoms with Crippen LogP contribution in [0.3, 0.4) is 0 Å². The van der Waals surface area contributed by atoms with Crippen LogP contribution < -0.4 is 0 Å². The number of rotatable bonds is 4. The molecular formula is C18H21NO. The summed E-state index contributed by atoms with van der Waals surface area (Å²) >= 11 is 0. The molecule has 0 saturated heterocycles. The van der Waals surface area contributed by atoms with Gasteiger partial charge >= 0.3 is 0 Å². The summed E-state index contributed by atoms with van der Waals surface area (Å²) in [6.45, 7) is 0. The molecule has 1 saturated carbocycles. The molecule has 1 aliphatic carbocycles. The maximum absolute atomic E-state index is 12.5. The zero-order valence-electron chi connectivity index (χ0n) is 11.8. The summed E-state index contributed by atoms with van der Waals surface area (Å²) in [5.74, 6) is 1.01. The van der Waals surface area contributed by atoms with Crippen LogP contribution in [-0.4, -0.2) is 10.8 Å². The number of benzene rings is 1. The Labute approximate surface area is 120 Å². The quantitative estimate of drug-likeness (QED) is 0.746. The molecular weight excluding hydrogens is 246 g/mol. The largest absolute Gasteiger partial charge is 0.294 e. The highest BCUT2D eigenvalue weighted by Crippen LogP contribution is 2.28. The van der Waals surface area contributed by atoms with Gasteiger partial charge in [0, 0.05) is 29.8 Å². The number of aromatic nitrogens is 1. The molecule has 0 amide bonds. The van der Waals surface area contributed by atoms with Gasteiger partial charge in [0.25, 0.3) is 0 Å². The first-order chi connectivity index (χ1) is 9.84. The number of hydrogen-bond donors (Lipinski definition) is 0. The topological polar surface area (TPSA) is 30.0 Å². The monoisotopic (exact) mass is 267 g/mol. The zero-order chi connectivity index (χ0) is 13.8. The molecule has 1 heterocycles. The highest BCUT2D eigenvalue weighted by atomic mass is 16.1. The summed E-state index contributed by atoms with van der Waals surface area (Å²) in [5.41, 5.74) is 0.791. The number of pyridine rings is 1. The second-order valence-electron chi connectivity index (χ2n) is 5.87. The first-order valence-corrected chi connectivity index (χ1v) is 7.70. The lowest BCUT2D eigenvalue weighted by atomic mass is 9.85. The molecule has 0 aliphatic heterocycles. The lowest BCUT2D eigenvalue weighted by Gasteiger charge is -2.21. The van der Waals surface area contributed by atoms with E-state index in [1.807, 2.05) is 30.5 Å². The third-order valence-corrected chi connectivity index (χ3v) is 4.47. The van der Waals surface area contributed by atoms with Crippen molar-refractivity contribution in [3.63, 3.8) is 0 Å². The van der Waals surface area contributed by atoms with Gasteiger partial charge in [-0.2, -0.15) is 0 Å². The van der Waals surface area contributed by atoms with Crippen molar-refractivity contribution < 1.29 is 4.79 Å². The normalized spacial score (nSPS) is 16.4. The maximum atomic E-state index is 12.5. The first-order valence-electron chi connectivity index (χ1n) is 7.70. The van der Waals surface area contributed by atoms with Crippen LogP contribution >= 0.6 is 0 Å². The van der Waals surface area contributed by atoms with E-state index >= 15 is 0 Å². The van der Waals surface area contributed by atoms with E-state index in [4.69, 9.17) is 0 Å². The van der Waals surface area contributed by atoms with Crippen molar-refractivity contribution in [1.29, 1.82) is 0 Å². The minimum Gasteiger partial charge on any atom is -0.294 e. The fraction of sp³-hybridized carbons (Fsp3) is 0.444. The number of hydrogen-bond acceptors (Lipinski definition) is 2. The van der Waals surface area contributed by atoms with Crippen molar-refractivity contribution in [1.82, 2.24) is 4.98 Å². The molecule has 1 fully saturated rings. The summed E-state index contributed by atoms with van der Waals surface area (Å²) in [4.78, 5) is 16.7. The van der Waals surface area contributed by atoms with E-state index in [9.17, 15) is 4.79 Å². The van der Waals surface area contributed by atoms with E-state index in [0.717, 1.165) is 28.7 Å². The SMILES string of the molecule is O=C(CCC1CCCCC1)c1cncc2ccccc12. The van der Waals surface area contributed by atoms with Gasteiger partial charge in [-0.15, -0.1) is 0 Å². The fourth-order valence-corrected chi connectivity index (χ4v) is 3.28. The molecule has 0 atom stereocenters. The van der Waals surface area contributed by atoms with E-state index in [1.54, 1.807) is 6.20 Å². The Bertz CT molecular complexity index is 594. The predicted molar refractivity (Wildman–Crippen MR) is 81.9 cm³/mol. The molecule has 0 bridgehead atoms. The lowest BCUT2D eigenvalue weighted by Crippen LogP contribution is -2.09. The molecule has 104 valence electrons. The summed E-state index contributed by atoms with van der Waals surface area (Å²) in [6.07, 6.45) is 11.9. The van der Waals surface area contributed by atoms with Crippen LogP contribution in [0.4, 0.5) is 0 Å². The maximum Gasteiger partial charge on any atom is 0.165 e. The molecule has 2 nitrogen and oxygen atoms in total. The van der Waals surface area contributed by atoms with Crippen molar-refractivity contribution >= 4 is 16.6 Å². The van der Waals surface area contributed by atoms with Gasteiger partial charge in [-0.3, -0.25) is 9.78 Å². The van der Waals surface area contributed by atoms with Crippen molar-refractivity contribution in [3.05, 3.63) is 42.2 Å². The van der Waals surface area contributed by atoms with Crippen LogP contribution in [0, 0.1) is 5.92 Å². The number of carbonyl (C=O) groups is 1. The first kappa shape index (κ1) is 13.3. The molecule has 1 aliphatic rings. The Balaban J connectivity index is 1.72. The predicted octanol–water partition coefficient (Wildman–Crippen LogP) is 4.78. The highest BCUT2D eigenvalue weighted by Gasteiger charge is 2.16. The van der Waals surface area contributed by atoms with Gasteiger partial charge in [0.15, 0.2) is 5.78 Å². The molecule has 0 spiro atoms. The minimum absolute atomic E-state index is 0.250. The summed E-state index contributed by atoms with van der Waals surface area (Å²) in [7, 11) is 0. The van der Waals surface area contributed by atoms with E-state index in [1.165, 1.54) is 32.1 Å². The number of nitrogens with zero attached hydrogens (tertiary/aromatic N) is 1. The third kappa shape index (κ3) is 2.90. The molecule has 0 radical (unpaired) electrons. The molecule has 20 heavy (non-hydrogen) atoms. The van der Waals surface area contributed by atoms with Gasteiger partial charge in [0.05, 0.1) is 0 Å². The molecule has 0 unspecified atom stereocenters. The zero-order valence-corrected chi connectivity index (χ0v) is 11.8. The fourth-order valence-electron chi connectivity index (χ4n) is 3.28. The van der Waals surface area contributed by atoms with E-state index in [2.05, 4.69) is 4.98 Å². The van der Waals surface area contributed by atoms with E-state index in [0.29, 0.717) is 6.42 Å². The highest BCUT2D eigenvalue weighted by molar-refractivity contribution is 6.07. The van der Waals surface area contributed by atoms with Gasteiger partial charge in [0.2, 0.25) is 0 Å². The average Bonchev–Trinajstić information content (AvgIpc) is 2.53. The molecule has 1 aromatic heterocycles. The van der Waals surface area contributed by atoms with Crippen molar-refractivity contribution in [2.45, 2.75) is 44.9 Å². The Kier molecular flexibility index (Phi) is 4.10. The second kappa shape index (κ2) is 6.17. The molecule has 1 aromatic carbocycles. The Morgan fingerprint density at radius 2 is 1.90 bits per heavy atom. The second-order valence-corrected chi connectivity index (χ2v) is 5.87. The average molecular weight is 267 g/mol. The van der Waals surface area contributed by atoms with E-state index in [-0.39, 0.29) is 5.78 Å². The number of Topliss-reactive ketones (excluding diaryl/α,β-unsaturated/α-hetero) is 1. The number of fused-ring (bicyclic) bond motifs is 1. The van der Waals surface area contributed by atoms with Crippen LogP contribution in [0.15, 0.2) is 36.7 Å². The summed E-state index contributed by atoms with van der Waals surface area (Å²) < 4.78 is 0. The molecule has 0 N–H and O–H groups in total. The third-order valence-electron chi connectivity index (χ3n) is 4.47. The standard InChI is InChI=1S/C18H21NO/c20-18(11-10-14-6-2-1-3-7-14)17-13-19-12-15-8-4-5-9-16(15)17/h4-5,8-9,12-14H,1-3,6-7,10-11H2. The number of ketones is 1. The Morgan fingerprint density at radius 3 is 2.75 bits per heavy atom. The van der Waals surface area contributed by atoms with Gasteiger partial charge in [-0.05, 0) is 17.7 Å². The van der Waals surface area contributed by atoms with Gasteiger partial charge in [0.1, 0.15) is 0 Å². The van der Waals surface area contributed by atoms with Gasteiger partial charge in [-0.1, -0.05) is 56.4 Å². The van der Waals surface area contributed by atoms with Crippen LogP contribution in [-0.2, 0) is 0 Å².